The van der Waals surface area contributed by atoms with E-state index in [2.05, 4.69) is 9.88 Å². The number of hydrogen-bond acceptors (Lipinski definition) is 5. The van der Waals surface area contributed by atoms with Crippen LogP contribution in [0, 0.1) is 13.8 Å². The summed E-state index contributed by atoms with van der Waals surface area (Å²) < 4.78 is 38.2. The smallest absolute Gasteiger partial charge is 0.246 e. The Labute approximate surface area is 130 Å². The van der Waals surface area contributed by atoms with Crippen LogP contribution in [0.15, 0.2) is 33.7 Å². The quantitative estimate of drug-likeness (QED) is 0.883. The van der Waals surface area contributed by atoms with Crippen LogP contribution in [0.4, 0.5) is 0 Å². The molecule has 22 heavy (non-hydrogen) atoms. The van der Waals surface area contributed by atoms with Crippen molar-refractivity contribution < 1.29 is 17.7 Å². The maximum absolute atomic E-state index is 12.6. The summed E-state index contributed by atoms with van der Waals surface area (Å²) >= 11 is 0. The lowest BCUT2D eigenvalue weighted by atomic mass is 10.0. The van der Waals surface area contributed by atoms with Crippen molar-refractivity contribution in [2.24, 2.45) is 0 Å². The van der Waals surface area contributed by atoms with Gasteiger partial charge in [0.15, 0.2) is 5.76 Å². The van der Waals surface area contributed by atoms with Gasteiger partial charge in [0.25, 0.3) is 0 Å². The number of methoxy groups -OCH3 is 1. The van der Waals surface area contributed by atoms with Crippen LogP contribution in [0.3, 0.4) is 0 Å². The summed E-state index contributed by atoms with van der Waals surface area (Å²) in [5.74, 6) is 0.927. The topological polar surface area (TPSA) is 81.4 Å². The normalized spacial score (nSPS) is 13.1. The van der Waals surface area contributed by atoms with Gasteiger partial charge in [-0.15, -0.1) is 0 Å². The molecule has 2 aromatic rings. The van der Waals surface area contributed by atoms with Gasteiger partial charge in [0.1, 0.15) is 16.3 Å². The second-order valence-electron chi connectivity index (χ2n) is 4.98. The average Bonchev–Trinajstić information content (AvgIpc) is 2.84. The van der Waals surface area contributed by atoms with Crippen molar-refractivity contribution in [1.29, 1.82) is 0 Å². The number of nitrogens with zero attached hydrogens (tertiary/aromatic N) is 1. The summed E-state index contributed by atoms with van der Waals surface area (Å²) in [6.45, 7) is 5.10. The number of para-hydroxylation sites is 1. The fraction of sp³-hybridized carbons (Fsp3) is 0.400. The van der Waals surface area contributed by atoms with Gasteiger partial charge < -0.3 is 9.26 Å². The number of nitrogens with one attached hydrogen (secondary N) is 1. The molecule has 1 atom stereocenters. The first-order chi connectivity index (χ1) is 10.4. The molecule has 0 aliphatic carbocycles. The van der Waals surface area contributed by atoms with Crippen LogP contribution < -0.4 is 9.46 Å². The highest BCUT2D eigenvalue weighted by atomic mass is 32.2. The maximum Gasteiger partial charge on any atom is 0.246 e. The summed E-state index contributed by atoms with van der Waals surface area (Å²) in [4.78, 5) is 0.0980. The number of benzene rings is 1. The summed E-state index contributed by atoms with van der Waals surface area (Å²) in [5, 5.41) is 3.70. The van der Waals surface area contributed by atoms with E-state index < -0.39 is 16.1 Å². The third-order valence-electron chi connectivity index (χ3n) is 3.46. The molecule has 0 bridgehead atoms. The lowest BCUT2D eigenvalue weighted by Crippen LogP contribution is -2.29. The predicted octanol–water partition coefficient (Wildman–Crippen LogP) is 2.73. The Morgan fingerprint density at radius 1 is 1.32 bits per heavy atom. The zero-order valence-corrected chi connectivity index (χ0v) is 13.9. The van der Waals surface area contributed by atoms with Crippen molar-refractivity contribution >= 4 is 10.0 Å². The van der Waals surface area contributed by atoms with Gasteiger partial charge in [-0.3, -0.25) is 0 Å². The van der Waals surface area contributed by atoms with E-state index >= 15 is 0 Å². The summed E-state index contributed by atoms with van der Waals surface area (Å²) in [6.07, 6.45) is 0.586. The van der Waals surface area contributed by atoms with Gasteiger partial charge in [-0.1, -0.05) is 30.3 Å². The molecule has 0 fully saturated rings. The van der Waals surface area contributed by atoms with E-state index in [0.717, 1.165) is 5.56 Å². The minimum absolute atomic E-state index is 0.0980. The van der Waals surface area contributed by atoms with E-state index in [0.29, 0.717) is 17.9 Å². The summed E-state index contributed by atoms with van der Waals surface area (Å²) in [6, 6.07) is 6.96. The molecule has 1 N–H and O–H groups in total. The van der Waals surface area contributed by atoms with E-state index in [9.17, 15) is 8.42 Å². The highest BCUT2D eigenvalue weighted by Gasteiger charge is 2.28. The standard InChI is InChI=1S/C15H20N2O4S/c1-5-13(12-8-6-7-9-14(12)20-4)17-22(18,19)15-10(2)16-21-11(15)3/h6-9,13,17H,5H2,1-4H3. The van der Waals surface area contributed by atoms with Gasteiger partial charge in [0.05, 0.1) is 13.2 Å². The first kappa shape index (κ1) is 16.5. The van der Waals surface area contributed by atoms with Crippen LogP contribution in [0.2, 0.25) is 0 Å². The molecule has 1 heterocycles. The Balaban J connectivity index is 2.38. The molecule has 0 spiro atoms. The number of ether oxygens (including phenoxy) is 1. The first-order valence-corrected chi connectivity index (χ1v) is 8.47. The molecule has 6 nitrogen and oxygen atoms in total. The second kappa shape index (κ2) is 6.50. The Kier molecular flexibility index (Phi) is 4.87. The molecule has 0 amide bonds. The fourth-order valence-electron chi connectivity index (χ4n) is 2.43. The molecule has 0 saturated carbocycles. The minimum atomic E-state index is -3.72. The number of rotatable bonds is 6. The van der Waals surface area contributed by atoms with Crippen LogP contribution in [0.25, 0.3) is 0 Å². The van der Waals surface area contributed by atoms with Gasteiger partial charge in [0.2, 0.25) is 10.0 Å². The van der Waals surface area contributed by atoms with Crippen LogP contribution in [0.1, 0.15) is 36.4 Å². The lowest BCUT2D eigenvalue weighted by molar-refractivity contribution is 0.390. The Bertz CT molecular complexity index is 733. The maximum atomic E-state index is 12.6. The van der Waals surface area contributed by atoms with E-state index in [1.807, 2.05) is 31.2 Å². The molecule has 0 radical (unpaired) electrons. The predicted molar refractivity (Wildman–Crippen MR) is 82.3 cm³/mol. The van der Waals surface area contributed by atoms with Crippen LogP contribution in [-0.4, -0.2) is 20.7 Å². The van der Waals surface area contributed by atoms with E-state index in [4.69, 9.17) is 9.26 Å². The highest BCUT2D eigenvalue weighted by Crippen LogP contribution is 2.29. The molecule has 0 aliphatic rings. The SMILES string of the molecule is CCC(NS(=O)(=O)c1c(C)noc1C)c1ccccc1OC. The molecular weight excluding hydrogens is 304 g/mol. The van der Waals surface area contributed by atoms with E-state index in [-0.39, 0.29) is 10.7 Å². The van der Waals surface area contributed by atoms with Crippen molar-refractivity contribution in [3.05, 3.63) is 41.3 Å². The van der Waals surface area contributed by atoms with Crippen molar-refractivity contribution in [1.82, 2.24) is 9.88 Å². The van der Waals surface area contributed by atoms with Gasteiger partial charge in [-0.2, -0.15) is 0 Å². The number of hydrogen-bond donors (Lipinski definition) is 1. The van der Waals surface area contributed by atoms with E-state index in [1.165, 1.54) is 0 Å². The third kappa shape index (κ3) is 3.15. The van der Waals surface area contributed by atoms with Crippen LogP contribution in [-0.2, 0) is 10.0 Å². The first-order valence-electron chi connectivity index (χ1n) is 6.98. The van der Waals surface area contributed by atoms with Gasteiger partial charge in [0, 0.05) is 5.56 Å². The zero-order valence-electron chi connectivity index (χ0n) is 13.1. The molecule has 1 aromatic heterocycles. The molecule has 0 saturated heterocycles. The second-order valence-corrected chi connectivity index (χ2v) is 6.63. The molecule has 1 aromatic carbocycles. The van der Waals surface area contributed by atoms with Crippen molar-refractivity contribution in [3.63, 3.8) is 0 Å². The Morgan fingerprint density at radius 2 is 2.00 bits per heavy atom. The van der Waals surface area contributed by atoms with Crippen molar-refractivity contribution in [3.8, 4) is 5.75 Å². The van der Waals surface area contributed by atoms with Gasteiger partial charge in [-0.25, -0.2) is 13.1 Å². The average molecular weight is 324 g/mol. The fourth-order valence-corrected chi connectivity index (χ4v) is 4.05. The number of aromatic nitrogens is 1. The van der Waals surface area contributed by atoms with Crippen LogP contribution in [0.5, 0.6) is 5.75 Å². The van der Waals surface area contributed by atoms with Crippen LogP contribution >= 0.6 is 0 Å². The molecule has 120 valence electrons. The van der Waals surface area contributed by atoms with E-state index in [1.54, 1.807) is 21.0 Å². The molecule has 2 rings (SSSR count). The van der Waals surface area contributed by atoms with Crippen molar-refractivity contribution in [2.75, 3.05) is 7.11 Å². The summed E-state index contributed by atoms with van der Waals surface area (Å²) in [5.41, 5.74) is 1.14. The van der Waals surface area contributed by atoms with Gasteiger partial charge in [-0.05, 0) is 26.3 Å². The Morgan fingerprint density at radius 3 is 2.55 bits per heavy atom. The largest absolute Gasteiger partial charge is 0.496 e. The molecule has 7 heteroatoms. The number of aryl methyl sites for hydroxylation is 2. The highest BCUT2D eigenvalue weighted by molar-refractivity contribution is 7.89. The third-order valence-corrected chi connectivity index (χ3v) is 5.17. The van der Waals surface area contributed by atoms with Crippen molar-refractivity contribution in [2.45, 2.75) is 38.1 Å². The summed E-state index contributed by atoms with van der Waals surface area (Å²) in [7, 11) is -2.16. The minimum Gasteiger partial charge on any atom is -0.496 e. The molecular formula is C15H20N2O4S. The zero-order chi connectivity index (χ0) is 16.3. The molecule has 1 unspecified atom stereocenters. The Hall–Kier alpha value is -1.86. The van der Waals surface area contributed by atoms with Gasteiger partial charge >= 0.3 is 0 Å². The molecule has 0 aliphatic heterocycles. The lowest BCUT2D eigenvalue weighted by Gasteiger charge is -2.19. The monoisotopic (exact) mass is 324 g/mol. The number of sulfonamides is 1.